The molecule has 2 aliphatic rings. The molecule has 0 spiro atoms. The molecular formula is C23H22ClFN2. The molecule has 1 aliphatic heterocycles. The highest BCUT2D eigenvalue weighted by Gasteiger charge is 2.33. The number of benzene rings is 2. The molecule has 0 amide bonds. The molecule has 1 saturated carbocycles. The van der Waals surface area contributed by atoms with E-state index in [0.29, 0.717) is 0 Å². The van der Waals surface area contributed by atoms with Crippen LogP contribution in [0, 0.1) is 5.82 Å². The third-order valence-corrected chi connectivity index (χ3v) is 6.10. The second kappa shape index (κ2) is 6.50. The third kappa shape index (κ3) is 3.09. The van der Waals surface area contributed by atoms with Gasteiger partial charge in [-0.2, -0.15) is 0 Å². The van der Waals surface area contributed by atoms with Gasteiger partial charge in [-0.05, 0) is 66.8 Å². The predicted molar refractivity (Wildman–Crippen MR) is 110 cm³/mol. The SMILES string of the molecule is CC(=Cn1c2c(c3cc(Cl)ccc31)CN(C1CC1)CC2)c1ccc(F)cc1. The molecule has 1 fully saturated rings. The van der Waals surface area contributed by atoms with Crippen molar-refractivity contribution in [2.24, 2.45) is 0 Å². The lowest BCUT2D eigenvalue weighted by Crippen LogP contribution is -2.32. The van der Waals surface area contributed by atoms with E-state index >= 15 is 0 Å². The second-order valence-electron chi connectivity index (χ2n) is 7.73. The molecule has 27 heavy (non-hydrogen) atoms. The van der Waals surface area contributed by atoms with Crippen LogP contribution in [-0.2, 0) is 13.0 Å². The summed E-state index contributed by atoms with van der Waals surface area (Å²) in [7, 11) is 0. The van der Waals surface area contributed by atoms with Gasteiger partial charge in [-0.15, -0.1) is 0 Å². The van der Waals surface area contributed by atoms with Crippen molar-refractivity contribution in [2.45, 2.75) is 38.8 Å². The Morgan fingerprint density at radius 3 is 2.67 bits per heavy atom. The van der Waals surface area contributed by atoms with E-state index in [1.165, 1.54) is 47.1 Å². The molecule has 5 rings (SSSR count). The summed E-state index contributed by atoms with van der Waals surface area (Å²) >= 11 is 6.32. The van der Waals surface area contributed by atoms with E-state index < -0.39 is 0 Å². The van der Waals surface area contributed by atoms with Gasteiger partial charge in [0.2, 0.25) is 0 Å². The highest BCUT2D eigenvalue weighted by molar-refractivity contribution is 6.31. The number of hydrogen-bond donors (Lipinski definition) is 0. The molecule has 2 heterocycles. The molecule has 2 nitrogen and oxygen atoms in total. The van der Waals surface area contributed by atoms with Crippen LogP contribution >= 0.6 is 11.6 Å². The first kappa shape index (κ1) is 17.0. The largest absolute Gasteiger partial charge is 0.320 e. The van der Waals surface area contributed by atoms with E-state index in [0.717, 1.165) is 41.7 Å². The van der Waals surface area contributed by atoms with Crippen LogP contribution in [0.15, 0.2) is 42.5 Å². The van der Waals surface area contributed by atoms with Crippen molar-refractivity contribution in [2.75, 3.05) is 6.54 Å². The van der Waals surface area contributed by atoms with Gasteiger partial charge in [-0.3, -0.25) is 4.90 Å². The molecular weight excluding hydrogens is 359 g/mol. The van der Waals surface area contributed by atoms with E-state index in [1.807, 2.05) is 18.2 Å². The zero-order chi connectivity index (χ0) is 18.5. The van der Waals surface area contributed by atoms with Crippen molar-refractivity contribution < 1.29 is 4.39 Å². The van der Waals surface area contributed by atoms with Gasteiger partial charge in [-0.1, -0.05) is 23.7 Å². The summed E-state index contributed by atoms with van der Waals surface area (Å²) in [5.74, 6) is -0.204. The Balaban J connectivity index is 1.63. The standard InChI is InChI=1S/C23H22ClFN2/c1-15(16-2-5-18(25)6-3-16)13-27-22-9-4-17(24)12-20(22)21-14-26(19-7-8-19)11-10-23(21)27/h2-6,9,12-13,19H,7-8,10-11,14H2,1H3. The van der Waals surface area contributed by atoms with E-state index in [1.54, 1.807) is 0 Å². The van der Waals surface area contributed by atoms with Crippen LogP contribution in [0.1, 0.15) is 36.6 Å². The second-order valence-corrected chi connectivity index (χ2v) is 8.16. The van der Waals surface area contributed by atoms with E-state index in [2.05, 4.69) is 34.7 Å². The van der Waals surface area contributed by atoms with Crippen molar-refractivity contribution in [3.8, 4) is 0 Å². The summed E-state index contributed by atoms with van der Waals surface area (Å²) in [5, 5.41) is 2.04. The number of aromatic nitrogens is 1. The zero-order valence-corrected chi connectivity index (χ0v) is 16.1. The van der Waals surface area contributed by atoms with Crippen LogP contribution in [-0.4, -0.2) is 22.1 Å². The molecule has 0 unspecified atom stereocenters. The molecule has 0 radical (unpaired) electrons. The lowest BCUT2D eigenvalue weighted by atomic mass is 10.0. The van der Waals surface area contributed by atoms with Gasteiger partial charge in [-0.25, -0.2) is 4.39 Å². The zero-order valence-electron chi connectivity index (χ0n) is 15.4. The monoisotopic (exact) mass is 380 g/mol. The van der Waals surface area contributed by atoms with Crippen molar-refractivity contribution in [3.05, 3.63) is 70.1 Å². The van der Waals surface area contributed by atoms with Gasteiger partial charge in [0.25, 0.3) is 0 Å². The minimum atomic E-state index is -0.204. The van der Waals surface area contributed by atoms with Crippen LogP contribution in [0.3, 0.4) is 0 Å². The summed E-state index contributed by atoms with van der Waals surface area (Å²) < 4.78 is 15.6. The molecule has 3 aromatic rings. The molecule has 2 aromatic carbocycles. The van der Waals surface area contributed by atoms with Crippen molar-refractivity contribution in [3.63, 3.8) is 0 Å². The van der Waals surface area contributed by atoms with Crippen molar-refractivity contribution in [1.82, 2.24) is 9.47 Å². The fraction of sp³-hybridized carbons (Fsp3) is 0.304. The summed E-state index contributed by atoms with van der Waals surface area (Å²) in [4.78, 5) is 2.61. The van der Waals surface area contributed by atoms with Gasteiger partial charge >= 0.3 is 0 Å². The Kier molecular flexibility index (Phi) is 4.10. The van der Waals surface area contributed by atoms with Gasteiger partial charge in [0.1, 0.15) is 5.82 Å². The maximum Gasteiger partial charge on any atom is 0.123 e. The first-order chi connectivity index (χ1) is 13.1. The Morgan fingerprint density at radius 2 is 1.93 bits per heavy atom. The average Bonchev–Trinajstić information content (AvgIpc) is 3.48. The number of hydrogen-bond acceptors (Lipinski definition) is 1. The first-order valence-electron chi connectivity index (χ1n) is 9.60. The van der Waals surface area contributed by atoms with Gasteiger partial charge < -0.3 is 4.57 Å². The van der Waals surface area contributed by atoms with Gasteiger partial charge in [0, 0.05) is 47.9 Å². The highest BCUT2D eigenvalue weighted by Crippen LogP contribution is 2.37. The summed E-state index contributed by atoms with van der Waals surface area (Å²) in [6.45, 7) is 4.21. The quantitative estimate of drug-likeness (QED) is 0.543. The minimum absolute atomic E-state index is 0.204. The van der Waals surface area contributed by atoms with Crippen molar-refractivity contribution in [1.29, 1.82) is 0 Å². The molecule has 0 bridgehead atoms. The van der Waals surface area contributed by atoms with E-state index in [9.17, 15) is 4.39 Å². The van der Waals surface area contributed by atoms with Crippen LogP contribution in [0.4, 0.5) is 4.39 Å². The fourth-order valence-corrected chi connectivity index (χ4v) is 4.44. The van der Waals surface area contributed by atoms with Crippen LogP contribution in [0.2, 0.25) is 5.02 Å². The number of halogens is 2. The van der Waals surface area contributed by atoms with Crippen molar-refractivity contribution >= 4 is 34.3 Å². The Labute approximate surface area is 163 Å². The molecule has 0 atom stereocenters. The van der Waals surface area contributed by atoms with Crippen LogP contribution in [0.25, 0.3) is 22.7 Å². The Morgan fingerprint density at radius 1 is 1.15 bits per heavy atom. The third-order valence-electron chi connectivity index (χ3n) is 5.87. The fourth-order valence-electron chi connectivity index (χ4n) is 4.27. The smallest absolute Gasteiger partial charge is 0.123 e. The van der Waals surface area contributed by atoms with Crippen LogP contribution < -0.4 is 0 Å². The number of fused-ring (bicyclic) bond motifs is 3. The number of nitrogens with zero attached hydrogens (tertiary/aromatic N) is 2. The van der Waals surface area contributed by atoms with Gasteiger partial charge in [0.05, 0.1) is 5.52 Å². The van der Waals surface area contributed by atoms with E-state index in [4.69, 9.17) is 11.6 Å². The normalized spacial score (nSPS) is 18.1. The Hall–Kier alpha value is -2.10. The summed E-state index contributed by atoms with van der Waals surface area (Å²) in [6.07, 6.45) is 5.90. The van der Waals surface area contributed by atoms with Crippen LogP contribution in [0.5, 0.6) is 0 Å². The first-order valence-corrected chi connectivity index (χ1v) is 9.97. The predicted octanol–water partition coefficient (Wildman–Crippen LogP) is 5.97. The average molecular weight is 381 g/mol. The van der Waals surface area contributed by atoms with Gasteiger partial charge in [0.15, 0.2) is 0 Å². The minimum Gasteiger partial charge on any atom is -0.320 e. The highest BCUT2D eigenvalue weighted by atomic mass is 35.5. The molecule has 1 aromatic heterocycles. The molecule has 0 N–H and O–H groups in total. The lowest BCUT2D eigenvalue weighted by molar-refractivity contribution is 0.243. The molecule has 4 heteroatoms. The summed E-state index contributed by atoms with van der Waals surface area (Å²) in [6, 6.07) is 13.7. The molecule has 1 aliphatic carbocycles. The maximum absolute atomic E-state index is 13.3. The lowest BCUT2D eigenvalue weighted by Gasteiger charge is -2.27. The Bertz CT molecular complexity index is 1040. The molecule has 138 valence electrons. The molecule has 0 saturated heterocycles. The number of allylic oxidation sites excluding steroid dienone is 1. The maximum atomic E-state index is 13.3. The van der Waals surface area contributed by atoms with E-state index in [-0.39, 0.29) is 5.82 Å². The number of rotatable bonds is 3. The summed E-state index contributed by atoms with van der Waals surface area (Å²) in [5.41, 5.74) is 6.15. The topological polar surface area (TPSA) is 8.17 Å².